The normalized spacial score (nSPS) is 20.1. The van der Waals surface area contributed by atoms with Crippen molar-refractivity contribution >= 4 is 17.2 Å². The molecular formula is C13H20N2O2S. The topological polar surface area (TPSA) is 51.2 Å². The maximum Gasteiger partial charge on any atom is 0.225 e. The first-order valence-electron chi connectivity index (χ1n) is 6.27. The van der Waals surface area contributed by atoms with Crippen LogP contribution < -0.4 is 5.32 Å². The number of ether oxygens (including phenoxy) is 1. The molecule has 0 spiro atoms. The predicted molar refractivity (Wildman–Crippen MR) is 71.6 cm³/mol. The van der Waals surface area contributed by atoms with Crippen LogP contribution in [0.5, 0.6) is 0 Å². The summed E-state index contributed by atoms with van der Waals surface area (Å²) in [6.07, 6.45) is 0.830. The molecule has 0 bridgehead atoms. The van der Waals surface area contributed by atoms with Gasteiger partial charge in [0.2, 0.25) is 5.91 Å². The molecule has 0 radical (unpaired) electrons. The summed E-state index contributed by atoms with van der Waals surface area (Å²) in [4.78, 5) is 16.4. The second kappa shape index (κ2) is 5.36. The Bertz CT molecular complexity index is 417. The molecule has 1 aliphatic rings. The molecule has 2 heterocycles. The number of amides is 1. The highest BCUT2D eigenvalue weighted by atomic mass is 32.1. The summed E-state index contributed by atoms with van der Waals surface area (Å²) >= 11 is 1.60. The van der Waals surface area contributed by atoms with Gasteiger partial charge in [-0.15, -0.1) is 11.3 Å². The number of carbonyl (C=O) groups is 1. The van der Waals surface area contributed by atoms with Gasteiger partial charge in [-0.1, -0.05) is 20.8 Å². The summed E-state index contributed by atoms with van der Waals surface area (Å²) in [5.74, 6) is 0.104. The number of aromatic nitrogens is 1. The minimum Gasteiger partial charge on any atom is -0.381 e. The van der Waals surface area contributed by atoms with Crippen molar-refractivity contribution in [2.75, 3.05) is 13.2 Å². The van der Waals surface area contributed by atoms with E-state index in [0.29, 0.717) is 19.8 Å². The Morgan fingerprint density at radius 2 is 2.39 bits per heavy atom. The van der Waals surface area contributed by atoms with Crippen molar-refractivity contribution in [1.82, 2.24) is 10.3 Å². The summed E-state index contributed by atoms with van der Waals surface area (Å²) in [6.45, 7) is 8.19. The molecule has 0 aliphatic carbocycles. The van der Waals surface area contributed by atoms with Crippen LogP contribution in [0.15, 0.2) is 5.38 Å². The molecular weight excluding hydrogens is 248 g/mol. The lowest BCUT2D eigenvalue weighted by Crippen LogP contribution is -2.30. The van der Waals surface area contributed by atoms with Crippen molar-refractivity contribution in [3.05, 3.63) is 16.1 Å². The molecule has 0 aromatic carbocycles. The van der Waals surface area contributed by atoms with Crippen molar-refractivity contribution in [2.45, 2.75) is 39.2 Å². The fourth-order valence-electron chi connectivity index (χ4n) is 1.78. The van der Waals surface area contributed by atoms with Crippen LogP contribution in [0.4, 0.5) is 0 Å². The third kappa shape index (κ3) is 3.29. The predicted octanol–water partition coefficient (Wildman–Crippen LogP) is 2.09. The standard InChI is InChI=1S/C13H20N2O2S/c1-13(2,3)10-8-18-11(15-10)6-14-12(16)9-4-5-17-7-9/h8-9H,4-7H2,1-3H3,(H,14,16). The number of hydrogen-bond acceptors (Lipinski definition) is 4. The molecule has 4 nitrogen and oxygen atoms in total. The highest BCUT2D eigenvalue weighted by Crippen LogP contribution is 2.23. The first kappa shape index (κ1) is 13.5. The van der Waals surface area contributed by atoms with Gasteiger partial charge in [0.25, 0.3) is 0 Å². The molecule has 1 aliphatic heterocycles. The van der Waals surface area contributed by atoms with Gasteiger partial charge in [-0.05, 0) is 6.42 Å². The number of rotatable bonds is 3. The first-order chi connectivity index (χ1) is 8.47. The molecule has 1 unspecified atom stereocenters. The van der Waals surface area contributed by atoms with Crippen molar-refractivity contribution in [3.63, 3.8) is 0 Å². The van der Waals surface area contributed by atoms with Crippen LogP contribution >= 0.6 is 11.3 Å². The lowest BCUT2D eigenvalue weighted by molar-refractivity contribution is -0.125. The third-order valence-electron chi connectivity index (χ3n) is 3.03. The molecule has 1 aromatic heterocycles. The fraction of sp³-hybridized carbons (Fsp3) is 0.692. The highest BCUT2D eigenvalue weighted by molar-refractivity contribution is 7.09. The van der Waals surface area contributed by atoms with Gasteiger partial charge in [0.05, 0.1) is 24.8 Å². The second-order valence-corrected chi connectivity index (χ2v) is 6.60. The van der Waals surface area contributed by atoms with Crippen LogP contribution in [0, 0.1) is 5.92 Å². The van der Waals surface area contributed by atoms with E-state index in [4.69, 9.17) is 4.74 Å². The van der Waals surface area contributed by atoms with Crippen molar-refractivity contribution < 1.29 is 9.53 Å². The molecule has 2 rings (SSSR count). The Hall–Kier alpha value is -0.940. The summed E-state index contributed by atoms with van der Waals surface area (Å²) in [6, 6.07) is 0. The van der Waals surface area contributed by atoms with Gasteiger partial charge in [0.15, 0.2) is 0 Å². The van der Waals surface area contributed by atoms with Gasteiger partial charge in [-0.2, -0.15) is 0 Å². The summed E-state index contributed by atoms with van der Waals surface area (Å²) in [5.41, 5.74) is 1.15. The molecule has 1 amide bonds. The molecule has 18 heavy (non-hydrogen) atoms. The number of thiazole rings is 1. The molecule has 1 atom stereocenters. The lowest BCUT2D eigenvalue weighted by Gasteiger charge is -2.14. The van der Waals surface area contributed by atoms with E-state index in [9.17, 15) is 4.79 Å². The number of nitrogens with zero attached hydrogens (tertiary/aromatic N) is 1. The zero-order valence-corrected chi connectivity index (χ0v) is 12.0. The Balaban J connectivity index is 1.86. The summed E-state index contributed by atoms with van der Waals surface area (Å²) in [7, 11) is 0. The Morgan fingerprint density at radius 1 is 1.61 bits per heavy atom. The second-order valence-electron chi connectivity index (χ2n) is 5.65. The van der Waals surface area contributed by atoms with E-state index < -0.39 is 0 Å². The Morgan fingerprint density at radius 3 is 2.94 bits per heavy atom. The van der Waals surface area contributed by atoms with Gasteiger partial charge in [0, 0.05) is 17.4 Å². The number of carbonyl (C=O) groups excluding carboxylic acids is 1. The maximum absolute atomic E-state index is 11.8. The van der Waals surface area contributed by atoms with Gasteiger partial charge < -0.3 is 10.1 Å². The van der Waals surface area contributed by atoms with E-state index in [1.807, 2.05) is 0 Å². The molecule has 1 aromatic rings. The minimum absolute atomic E-state index is 0.0204. The molecule has 5 heteroatoms. The van der Waals surface area contributed by atoms with Crippen LogP contribution in [-0.4, -0.2) is 24.1 Å². The van der Waals surface area contributed by atoms with E-state index in [-0.39, 0.29) is 17.2 Å². The van der Waals surface area contributed by atoms with Crippen molar-refractivity contribution in [3.8, 4) is 0 Å². The largest absolute Gasteiger partial charge is 0.381 e. The lowest BCUT2D eigenvalue weighted by atomic mass is 9.93. The van der Waals surface area contributed by atoms with Gasteiger partial charge in [0.1, 0.15) is 5.01 Å². The molecule has 1 fully saturated rings. The smallest absolute Gasteiger partial charge is 0.225 e. The zero-order valence-electron chi connectivity index (χ0n) is 11.2. The Kier molecular flexibility index (Phi) is 4.02. The van der Waals surface area contributed by atoms with E-state index in [0.717, 1.165) is 17.1 Å². The van der Waals surface area contributed by atoms with Crippen LogP contribution in [0.25, 0.3) is 0 Å². The zero-order chi connectivity index (χ0) is 13.2. The SMILES string of the molecule is CC(C)(C)c1csc(CNC(=O)C2CCOC2)n1. The number of hydrogen-bond donors (Lipinski definition) is 1. The van der Waals surface area contributed by atoms with Gasteiger partial charge in [-0.25, -0.2) is 4.98 Å². The average Bonchev–Trinajstić information content (AvgIpc) is 2.96. The van der Waals surface area contributed by atoms with Crippen LogP contribution in [0.2, 0.25) is 0 Å². The van der Waals surface area contributed by atoms with Crippen LogP contribution in [-0.2, 0) is 21.5 Å². The van der Waals surface area contributed by atoms with Gasteiger partial charge >= 0.3 is 0 Å². The third-order valence-corrected chi connectivity index (χ3v) is 3.88. The van der Waals surface area contributed by atoms with Crippen LogP contribution in [0.1, 0.15) is 37.9 Å². The highest BCUT2D eigenvalue weighted by Gasteiger charge is 2.23. The van der Waals surface area contributed by atoms with E-state index >= 15 is 0 Å². The molecule has 1 saturated heterocycles. The summed E-state index contributed by atoms with van der Waals surface area (Å²) < 4.78 is 5.21. The molecule has 0 saturated carbocycles. The van der Waals surface area contributed by atoms with Crippen molar-refractivity contribution in [2.24, 2.45) is 5.92 Å². The summed E-state index contributed by atoms with van der Waals surface area (Å²) in [5, 5.41) is 5.97. The quantitative estimate of drug-likeness (QED) is 0.913. The van der Waals surface area contributed by atoms with E-state index in [1.54, 1.807) is 11.3 Å². The van der Waals surface area contributed by atoms with Gasteiger partial charge in [-0.3, -0.25) is 4.79 Å². The van der Waals surface area contributed by atoms with E-state index in [1.165, 1.54) is 0 Å². The average molecular weight is 268 g/mol. The number of nitrogens with one attached hydrogen (secondary N) is 1. The van der Waals surface area contributed by atoms with E-state index in [2.05, 4.69) is 36.5 Å². The molecule has 1 N–H and O–H groups in total. The van der Waals surface area contributed by atoms with Crippen molar-refractivity contribution in [1.29, 1.82) is 0 Å². The fourth-order valence-corrected chi connectivity index (χ4v) is 2.75. The molecule has 100 valence electrons. The maximum atomic E-state index is 11.8. The first-order valence-corrected chi connectivity index (χ1v) is 7.15. The monoisotopic (exact) mass is 268 g/mol. The minimum atomic E-state index is 0.0204. The Labute approximate surface area is 112 Å². The van der Waals surface area contributed by atoms with Crippen LogP contribution in [0.3, 0.4) is 0 Å².